The number of hydrogen-bond acceptors (Lipinski definition) is 12. The van der Waals surface area contributed by atoms with Gasteiger partial charge in [0.15, 0.2) is 11.2 Å². The number of ether oxygens (including phenoxy) is 6. The molecule has 0 saturated heterocycles. The van der Waals surface area contributed by atoms with Gasteiger partial charge in [-0.15, -0.1) is 0 Å². The second-order valence-corrected chi connectivity index (χ2v) is 10.7. The van der Waals surface area contributed by atoms with E-state index in [0.29, 0.717) is 12.2 Å². The molecule has 0 aliphatic heterocycles. The lowest BCUT2D eigenvalue weighted by atomic mass is 10.0. The zero-order valence-electron chi connectivity index (χ0n) is 25.8. The Hall–Kier alpha value is -4.26. The van der Waals surface area contributed by atoms with Crippen molar-refractivity contribution in [3.63, 3.8) is 0 Å². The lowest BCUT2D eigenvalue weighted by Crippen LogP contribution is -2.39. The van der Waals surface area contributed by atoms with Crippen LogP contribution < -0.4 is 4.74 Å². The van der Waals surface area contributed by atoms with E-state index in [9.17, 15) is 24.0 Å². The number of amides is 2. The SMILES string of the molecule is COc1ccc2cccc(CCN(C(C)=O)C(=O)OC(C)OC(=O)CC(C)CC(=O)OC(COC(C)=O)COC(C)=S)c2c1. The Bertz CT molecular complexity index is 1330. The molecule has 240 valence electrons. The van der Waals surface area contributed by atoms with Crippen LogP contribution >= 0.6 is 12.2 Å². The van der Waals surface area contributed by atoms with E-state index >= 15 is 0 Å². The van der Waals surface area contributed by atoms with Crippen molar-refractivity contribution in [1.82, 2.24) is 4.90 Å². The molecule has 2 rings (SSSR count). The fourth-order valence-electron chi connectivity index (χ4n) is 4.15. The van der Waals surface area contributed by atoms with Crippen molar-refractivity contribution in [2.45, 2.75) is 66.3 Å². The van der Waals surface area contributed by atoms with E-state index in [2.05, 4.69) is 0 Å². The maximum Gasteiger partial charge on any atom is 0.419 e. The Labute approximate surface area is 261 Å². The molecule has 0 aliphatic carbocycles. The number of rotatable bonds is 15. The Morgan fingerprint density at radius 2 is 1.52 bits per heavy atom. The highest BCUT2D eigenvalue weighted by molar-refractivity contribution is 7.80. The van der Waals surface area contributed by atoms with Crippen LogP contribution in [0.3, 0.4) is 0 Å². The molecular weight excluding hydrogens is 594 g/mol. The van der Waals surface area contributed by atoms with Crippen LogP contribution in [0, 0.1) is 5.92 Å². The summed E-state index contributed by atoms with van der Waals surface area (Å²) < 4.78 is 31.1. The summed E-state index contributed by atoms with van der Waals surface area (Å²) in [5.74, 6) is -2.25. The van der Waals surface area contributed by atoms with Gasteiger partial charge in [0, 0.05) is 47.1 Å². The minimum atomic E-state index is -1.29. The van der Waals surface area contributed by atoms with Crippen LogP contribution in [0.4, 0.5) is 4.79 Å². The number of imide groups is 1. The van der Waals surface area contributed by atoms with E-state index in [4.69, 9.17) is 40.6 Å². The Balaban J connectivity index is 1.87. The van der Waals surface area contributed by atoms with Crippen LogP contribution in [-0.4, -0.2) is 79.1 Å². The summed E-state index contributed by atoms with van der Waals surface area (Å²) >= 11 is 4.85. The first kappa shape index (κ1) is 35.9. The standard InChI is InChI=1S/C31H39NO11S/c1-19(15-30(36)43-27(17-39-21(3)34)18-40-23(5)44)14-29(35)41-22(4)42-31(37)32(20(2)33)13-12-25-9-7-8-24-10-11-26(38-6)16-28(24)25/h7-11,16,19,22,27H,12-15,17-18H2,1-6H3. The van der Waals surface area contributed by atoms with Gasteiger partial charge in [0.05, 0.1) is 7.11 Å². The van der Waals surface area contributed by atoms with Gasteiger partial charge in [-0.3, -0.25) is 19.2 Å². The summed E-state index contributed by atoms with van der Waals surface area (Å²) in [6.45, 7) is 6.73. The van der Waals surface area contributed by atoms with E-state index in [1.807, 2.05) is 36.4 Å². The second kappa shape index (κ2) is 17.8. The molecule has 0 saturated carbocycles. The Kier molecular flexibility index (Phi) is 14.5. The summed E-state index contributed by atoms with van der Waals surface area (Å²) in [5.41, 5.74) is 0.909. The van der Waals surface area contributed by atoms with Gasteiger partial charge in [-0.1, -0.05) is 31.2 Å². The highest BCUT2D eigenvalue weighted by Crippen LogP contribution is 2.25. The lowest BCUT2D eigenvalue weighted by Gasteiger charge is -2.22. The predicted octanol–water partition coefficient (Wildman–Crippen LogP) is 4.52. The number of hydrogen-bond donors (Lipinski definition) is 0. The van der Waals surface area contributed by atoms with E-state index < -0.39 is 48.2 Å². The molecule has 0 fully saturated rings. The van der Waals surface area contributed by atoms with Crippen molar-refractivity contribution < 1.29 is 52.4 Å². The fraction of sp³-hybridized carbons (Fsp3) is 0.484. The van der Waals surface area contributed by atoms with Crippen LogP contribution in [0.15, 0.2) is 36.4 Å². The van der Waals surface area contributed by atoms with E-state index in [0.717, 1.165) is 21.2 Å². The molecule has 0 aromatic heterocycles. The first-order valence-corrected chi connectivity index (χ1v) is 14.4. The van der Waals surface area contributed by atoms with Gasteiger partial charge < -0.3 is 28.4 Å². The molecule has 3 unspecified atom stereocenters. The number of carbonyl (C=O) groups is 5. The molecular formula is C31H39NO11S. The molecule has 0 spiro atoms. The Morgan fingerprint density at radius 3 is 2.14 bits per heavy atom. The number of methoxy groups -OCH3 is 1. The number of fused-ring (bicyclic) bond motifs is 1. The van der Waals surface area contributed by atoms with Crippen LogP contribution in [0.2, 0.25) is 0 Å². The fourth-order valence-corrected chi connectivity index (χ4v) is 4.21. The van der Waals surface area contributed by atoms with E-state index in [1.54, 1.807) is 21.0 Å². The maximum atomic E-state index is 12.8. The van der Waals surface area contributed by atoms with Crippen molar-refractivity contribution >= 4 is 57.9 Å². The van der Waals surface area contributed by atoms with Crippen LogP contribution in [-0.2, 0) is 49.3 Å². The molecule has 2 aromatic carbocycles. The molecule has 0 aliphatic rings. The molecule has 44 heavy (non-hydrogen) atoms. The minimum Gasteiger partial charge on any atom is -0.497 e. The van der Waals surface area contributed by atoms with Gasteiger partial charge >= 0.3 is 24.0 Å². The molecule has 13 heteroatoms. The third-order valence-corrected chi connectivity index (χ3v) is 6.34. The summed E-state index contributed by atoms with van der Waals surface area (Å²) in [6.07, 6.45) is -3.09. The summed E-state index contributed by atoms with van der Waals surface area (Å²) in [7, 11) is 1.58. The zero-order valence-corrected chi connectivity index (χ0v) is 26.6. The average Bonchev–Trinajstić information content (AvgIpc) is 2.93. The van der Waals surface area contributed by atoms with Gasteiger partial charge in [0.25, 0.3) is 0 Å². The third kappa shape index (κ3) is 12.5. The minimum absolute atomic E-state index is 0.0395. The topological polar surface area (TPSA) is 144 Å². The van der Waals surface area contributed by atoms with E-state index in [1.165, 1.54) is 20.8 Å². The molecule has 2 aromatic rings. The maximum absolute atomic E-state index is 12.8. The quantitative estimate of drug-likeness (QED) is 0.118. The average molecular weight is 634 g/mol. The van der Waals surface area contributed by atoms with Gasteiger partial charge in [-0.25, -0.2) is 9.69 Å². The highest BCUT2D eigenvalue weighted by Gasteiger charge is 2.25. The van der Waals surface area contributed by atoms with Gasteiger partial charge in [-0.05, 0) is 53.0 Å². The third-order valence-electron chi connectivity index (χ3n) is 6.22. The molecule has 3 atom stereocenters. The van der Waals surface area contributed by atoms with Gasteiger partial charge in [0.2, 0.25) is 12.2 Å². The normalized spacial score (nSPS) is 12.7. The van der Waals surface area contributed by atoms with Crippen molar-refractivity contribution in [2.24, 2.45) is 5.92 Å². The predicted molar refractivity (Wildman–Crippen MR) is 163 cm³/mol. The second-order valence-electron chi connectivity index (χ2n) is 10.1. The first-order chi connectivity index (χ1) is 20.8. The molecule has 2 amide bonds. The summed E-state index contributed by atoms with van der Waals surface area (Å²) in [4.78, 5) is 61.9. The van der Waals surface area contributed by atoms with Crippen molar-refractivity contribution in [3.05, 3.63) is 42.0 Å². The molecule has 12 nitrogen and oxygen atoms in total. The molecule has 0 N–H and O–H groups in total. The highest BCUT2D eigenvalue weighted by atomic mass is 32.1. The number of esters is 3. The van der Waals surface area contributed by atoms with Crippen molar-refractivity contribution in [1.29, 1.82) is 0 Å². The van der Waals surface area contributed by atoms with Crippen molar-refractivity contribution in [2.75, 3.05) is 26.9 Å². The Morgan fingerprint density at radius 1 is 0.864 bits per heavy atom. The summed E-state index contributed by atoms with van der Waals surface area (Å²) in [6, 6.07) is 11.4. The summed E-state index contributed by atoms with van der Waals surface area (Å²) in [5, 5.41) is 2.15. The smallest absolute Gasteiger partial charge is 0.419 e. The van der Waals surface area contributed by atoms with Gasteiger partial charge in [0.1, 0.15) is 19.0 Å². The lowest BCUT2D eigenvalue weighted by molar-refractivity contribution is -0.168. The number of benzene rings is 2. The first-order valence-electron chi connectivity index (χ1n) is 14.0. The molecule has 0 bridgehead atoms. The van der Waals surface area contributed by atoms with Crippen molar-refractivity contribution in [3.8, 4) is 5.75 Å². The van der Waals surface area contributed by atoms with Crippen LogP contribution in [0.25, 0.3) is 10.8 Å². The number of thiocarbonyl (C=S) groups is 1. The van der Waals surface area contributed by atoms with Crippen LogP contribution in [0.1, 0.15) is 53.0 Å². The monoisotopic (exact) mass is 633 g/mol. The van der Waals surface area contributed by atoms with E-state index in [-0.39, 0.29) is 37.7 Å². The molecule has 0 radical (unpaired) electrons. The van der Waals surface area contributed by atoms with Crippen LogP contribution in [0.5, 0.6) is 5.75 Å². The largest absolute Gasteiger partial charge is 0.497 e. The number of carbonyl (C=O) groups excluding carboxylic acids is 5. The molecule has 0 heterocycles. The van der Waals surface area contributed by atoms with Gasteiger partial charge in [-0.2, -0.15) is 0 Å². The number of nitrogens with zero attached hydrogens (tertiary/aromatic N) is 1. The zero-order chi connectivity index (χ0) is 32.8.